The Morgan fingerprint density at radius 3 is 3.11 bits per heavy atom. The summed E-state index contributed by atoms with van der Waals surface area (Å²) in [6, 6.07) is 0.225. The first kappa shape index (κ1) is 13.2. The van der Waals surface area contributed by atoms with Gasteiger partial charge in [0.15, 0.2) is 0 Å². The second kappa shape index (κ2) is 6.10. The fraction of sp³-hybridized carbons (Fsp3) is 0.727. The molecule has 18 heavy (non-hydrogen) atoms. The van der Waals surface area contributed by atoms with Crippen molar-refractivity contribution in [2.24, 2.45) is 0 Å². The second-order valence-electron chi connectivity index (χ2n) is 4.52. The molecule has 1 unspecified atom stereocenters. The predicted octanol–water partition coefficient (Wildman–Crippen LogP) is 0.794. The summed E-state index contributed by atoms with van der Waals surface area (Å²) in [5, 5.41) is 15.0. The van der Waals surface area contributed by atoms with Crippen LogP contribution in [0.1, 0.15) is 29.6 Å². The third-order valence-corrected chi connectivity index (χ3v) is 3.79. The Labute approximate surface area is 111 Å². The molecule has 1 fully saturated rings. The predicted molar refractivity (Wildman–Crippen MR) is 72.1 cm³/mol. The zero-order valence-electron chi connectivity index (χ0n) is 10.8. The van der Waals surface area contributed by atoms with Gasteiger partial charge in [0.2, 0.25) is 10.1 Å². The fourth-order valence-electron chi connectivity index (χ4n) is 2.07. The van der Waals surface area contributed by atoms with Gasteiger partial charge in [-0.2, -0.15) is 0 Å². The molecule has 0 saturated carbocycles. The molecular formula is C11H19N5OS. The molecule has 0 spiro atoms. The van der Waals surface area contributed by atoms with Crippen molar-refractivity contribution in [3.8, 4) is 0 Å². The van der Waals surface area contributed by atoms with E-state index in [0.717, 1.165) is 32.5 Å². The van der Waals surface area contributed by atoms with Crippen molar-refractivity contribution < 1.29 is 4.79 Å². The van der Waals surface area contributed by atoms with E-state index in [1.165, 1.54) is 11.3 Å². The normalized spacial score (nSPS) is 20.7. The number of carbonyl (C=O) groups is 1. The van der Waals surface area contributed by atoms with E-state index in [2.05, 4.69) is 32.8 Å². The molecule has 1 atom stereocenters. The molecular weight excluding hydrogens is 250 g/mol. The van der Waals surface area contributed by atoms with Crippen LogP contribution in [0, 0.1) is 0 Å². The van der Waals surface area contributed by atoms with E-state index in [-0.39, 0.29) is 11.9 Å². The summed E-state index contributed by atoms with van der Waals surface area (Å²) in [6.07, 6.45) is 2.16. The molecule has 1 aromatic heterocycles. The van der Waals surface area contributed by atoms with Crippen LogP contribution in [0.2, 0.25) is 0 Å². The summed E-state index contributed by atoms with van der Waals surface area (Å²) < 4.78 is 0. The number of likely N-dealkylation sites (N-methyl/N-ethyl adjacent to an activating group) is 1. The monoisotopic (exact) mass is 269 g/mol. The number of hydrogen-bond acceptors (Lipinski definition) is 6. The van der Waals surface area contributed by atoms with Crippen molar-refractivity contribution in [3.63, 3.8) is 0 Å². The van der Waals surface area contributed by atoms with E-state index in [9.17, 15) is 4.79 Å². The molecule has 2 heterocycles. The van der Waals surface area contributed by atoms with Gasteiger partial charge in [-0.3, -0.25) is 4.79 Å². The van der Waals surface area contributed by atoms with Crippen LogP contribution >= 0.6 is 11.3 Å². The van der Waals surface area contributed by atoms with E-state index in [4.69, 9.17) is 0 Å². The lowest BCUT2D eigenvalue weighted by Gasteiger charge is -2.29. The summed E-state index contributed by atoms with van der Waals surface area (Å²) in [5.74, 6) is -0.114. The maximum atomic E-state index is 12.0. The van der Waals surface area contributed by atoms with E-state index < -0.39 is 0 Å². The zero-order chi connectivity index (χ0) is 13.0. The molecule has 100 valence electrons. The number of anilines is 1. The van der Waals surface area contributed by atoms with Crippen LogP contribution in [0.5, 0.6) is 0 Å². The zero-order valence-corrected chi connectivity index (χ0v) is 11.6. The largest absolute Gasteiger partial charge is 0.360 e. The molecule has 1 aromatic rings. The van der Waals surface area contributed by atoms with Crippen molar-refractivity contribution >= 4 is 22.4 Å². The highest BCUT2D eigenvalue weighted by Gasteiger charge is 2.21. The molecule has 1 aliphatic heterocycles. The van der Waals surface area contributed by atoms with Crippen molar-refractivity contribution in [1.29, 1.82) is 0 Å². The second-order valence-corrected chi connectivity index (χ2v) is 5.50. The summed E-state index contributed by atoms with van der Waals surface area (Å²) in [4.78, 5) is 14.2. The maximum Gasteiger partial charge on any atom is 0.282 e. The molecule has 6 nitrogen and oxygen atoms in total. The minimum Gasteiger partial charge on any atom is -0.360 e. The number of carbonyl (C=O) groups excluding carboxylic acids is 1. The number of nitrogens with zero attached hydrogens (tertiary/aromatic N) is 3. The summed E-state index contributed by atoms with van der Waals surface area (Å²) in [5.41, 5.74) is 0. The molecule has 2 rings (SSSR count). The van der Waals surface area contributed by atoms with Crippen molar-refractivity contribution in [3.05, 3.63) is 5.01 Å². The molecule has 0 aromatic carbocycles. The molecule has 1 saturated heterocycles. The van der Waals surface area contributed by atoms with Gasteiger partial charge < -0.3 is 15.5 Å². The molecule has 7 heteroatoms. The van der Waals surface area contributed by atoms with Gasteiger partial charge in [0.25, 0.3) is 5.91 Å². The quantitative estimate of drug-likeness (QED) is 0.846. The number of hydrogen-bond donors (Lipinski definition) is 2. The topological polar surface area (TPSA) is 70.1 Å². The van der Waals surface area contributed by atoms with Gasteiger partial charge in [-0.25, -0.2) is 0 Å². The lowest BCUT2D eigenvalue weighted by atomic mass is 10.1. The summed E-state index contributed by atoms with van der Waals surface area (Å²) in [6.45, 7) is 4.78. The first-order valence-electron chi connectivity index (χ1n) is 6.26. The highest BCUT2D eigenvalue weighted by atomic mass is 32.1. The first-order chi connectivity index (χ1) is 8.69. The van der Waals surface area contributed by atoms with E-state index in [1.54, 1.807) is 0 Å². The summed E-state index contributed by atoms with van der Waals surface area (Å²) >= 11 is 1.30. The molecule has 0 aliphatic carbocycles. The van der Waals surface area contributed by atoms with Crippen LogP contribution < -0.4 is 10.6 Å². The molecule has 1 aliphatic rings. The van der Waals surface area contributed by atoms with Crippen LogP contribution in [0.25, 0.3) is 0 Å². The number of rotatable bonds is 4. The Kier molecular flexibility index (Phi) is 4.48. The van der Waals surface area contributed by atoms with Gasteiger partial charge in [0.1, 0.15) is 0 Å². The van der Waals surface area contributed by atoms with Crippen LogP contribution in [0.15, 0.2) is 0 Å². The molecule has 0 bridgehead atoms. The Morgan fingerprint density at radius 1 is 1.56 bits per heavy atom. The third kappa shape index (κ3) is 3.39. The van der Waals surface area contributed by atoms with Crippen LogP contribution in [0.3, 0.4) is 0 Å². The summed E-state index contributed by atoms with van der Waals surface area (Å²) in [7, 11) is 2.08. The number of piperidine rings is 1. The molecule has 0 radical (unpaired) electrons. The van der Waals surface area contributed by atoms with E-state index in [0.29, 0.717) is 10.1 Å². The minimum atomic E-state index is -0.114. The average Bonchev–Trinajstić information content (AvgIpc) is 2.78. The first-order valence-corrected chi connectivity index (χ1v) is 7.07. The van der Waals surface area contributed by atoms with Crippen molar-refractivity contribution in [2.45, 2.75) is 25.8 Å². The average molecular weight is 269 g/mol. The lowest BCUT2D eigenvalue weighted by Crippen LogP contribution is -2.46. The van der Waals surface area contributed by atoms with E-state index in [1.807, 2.05) is 6.92 Å². The van der Waals surface area contributed by atoms with E-state index >= 15 is 0 Å². The highest BCUT2D eigenvalue weighted by molar-refractivity contribution is 7.17. The Morgan fingerprint density at radius 2 is 2.39 bits per heavy atom. The standard InChI is InChI=1S/C11H19N5OS/c1-3-12-11-15-14-10(18-11)9(17)13-8-5-4-6-16(2)7-8/h8H,3-7H2,1-2H3,(H,12,15)(H,13,17). The highest BCUT2D eigenvalue weighted by Crippen LogP contribution is 2.15. The SMILES string of the molecule is CCNc1nnc(C(=O)NC2CCCN(C)C2)s1. The van der Waals surface area contributed by atoms with Crippen LogP contribution in [-0.2, 0) is 0 Å². The van der Waals surface area contributed by atoms with Gasteiger partial charge >= 0.3 is 0 Å². The van der Waals surface area contributed by atoms with Gasteiger partial charge in [0, 0.05) is 19.1 Å². The molecule has 1 amide bonds. The fourth-order valence-corrected chi connectivity index (χ4v) is 2.78. The third-order valence-electron chi connectivity index (χ3n) is 2.91. The van der Waals surface area contributed by atoms with Crippen LogP contribution in [-0.4, -0.2) is 53.7 Å². The number of nitrogens with one attached hydrogen (secondary N) is 2. The Bertz CT molecular complexity index is 408. The lowest BCUT2D eigenvalue weighted by molar-refractivity contribution is 0.0911. The maximum absolute atomic E-state index is 12.0. The van der Waals surface area contributed by atoms with Crippen molar-refractivity contribution in [1.82, 2.24) is 20.4 Å². The number of amides is 1. The Balaban J connectivity index is 1.90. The van der Waals surface area contributed by atoms with Gasteiger partial charge in [-0.15, -0.1) is 10.2 Å². The smallest absolute Gasteiger partial charge is 0.282 e. The molecule has 2 N–H and O–H groups in total. The van der Waals surface area contributed by atoms with Gasteiger partial charge in [-0.1, -0.05) is 11.3 Å². The number of likely N-dealkylation sites (tertiary alicyclic amines) is 1. The van der Waals surface area contributed by atoms with Crippen LogP contribution in [0.4, 0.5) is 5.13 Å². The van der Waals surface area contributed by atoms with Gasteiger partial charge in [0.05, 0.1) is 0 Å². The number of aromatic nitrogens is 2. The minimum absolute atomic E-state index is 0.114. The van der Waals surface area contributed by atoms with Crippen molar-refractivity contribution in [2.75, 3.05) is 32.0 Å². The Hall–Kier alpha value is -1.21. The van der Waals surface area contributed by atoms with Gasteiger partial charge in [-0.05, 0) is 33.4 Å².